The van der Waals surface area contributed by atoms with Crippen molar-refractivity contribution in [3.63, 3.8) is 0 Å². The Bertz CT molecular complexity index is 375. The highest BCUT2D eigenvalue weighted by Gasteiger charge is 2.34. The number of ether oxygens (including phenoxy) is 1. The summed E-state index contributed by atoms with van der Waals surface area (Å²) in [6.45, 7) is 1.63. The summed E-state index contributed by atoms with van der Waals surface area (Å²) in [4.78, 5) is 0. The first kappa shape index (κ1) is 12.7. The summed E-state index contributed by atoms with van der Waals surface area (Å²) in [7, 11) is 0. The fraction of sp³-hybridized carbons (Fsp3) is 0.500. The van der Waals surface area contributed by atoms with Gasteiger partial charge in [0.1, 0.15) is 0 Å². The Morgan fingerprint density at radius 2 is 2.19 bits per heavy atom. The Morgan fingerprint density at radius 1 is 1.38 bits per heavy atom. The van der Waals surface area contributed by atoms with Crippen LogP contribution in [0.3, 0.4) is 0 Å². The van der Waals surface area contributed by atoms with Gasteiger partial charge in [-0.3, -0.25) is 0 Å². The van der Waals surface area contributed by atoms with Gasteiger partial charge in [0.05, 0.1) is 16.7 Å². The van der Waals surface area contributed by atoms with Gasteiger partial charge in [0.2, 0.25) is 0 Å². The first-order valence-electron chi connectivity index (χ1n) is 5.23. The van der Waals surface area contributed by atoms with Crippen LogP contribution in [0.4, 0.5) is 0 Å². The molecule has 1 heterocycles. The molecule has 0 aromatic heterocycles. The molecule has 1 aliphatic heterocycles. The third-order valence-electron chi connectivity index (χ3n) is 3.07. The minimum atomic E-state index is 0.175. The van der Waals surface area contributed by atoms with Crippen molar-refractivity contribution in [3.05, 3.63) is 33.8 Å². The van der Waals surface area contributed by atoms with Crippen LogP contribution < -0.4 is 0 Å². The molecule has 1 saturated heterocycles. The van der Waals surface area contributed by atoms with E-state index in [1.54, 1.807) is 0 Å². The van der Waals surface area contributed by atoms with Crippen molar-refractivity contribution < 1.29 is 4.74 Å². The zero-order valence-electron chi connectivity index (χ0n) is 8.81. The molecule has 1 aliphatic rings. The standard InChI is InChI=1S/C12H13BrCl2O/c13-7-12(4-5-16-8-12)6-9-2-1-3-10(14)11(9)15/h1-3H,4-8H2. The number of benzene rings is 1. The summed E-state index contributed by atoms with van der Waals surface area (Å²) >= 11 is 15.8. The SMILES string of the molecule is Clc1cccc(CC2(CBr)CCOC2)c1Cl. The fourth-order valence-electron chi connectivity index (χ4n) is 2.03. The average molecular weight is 324 g/mol. The average Bonchev–Trinajstić information content (AvgIpc) is 2.74. The van der Waals surface area contributed by atoms with Crippen molar-refractivity contribution in [1.29, 1.82) is 0 Å². The first-order valence-corrected chi connectivity index (χ1v) is 7.11. The maximum Gasteiger partial charge on any atom is 0.0624 e. The molecule has 0 radical (unpaired) electrons. The van der Waals surface area contributed by atoms with Gasteiger partial charge in [-0.05, 0) is 24.5 Å². The first-order chi connectivity index (χ1) is 7.67. The molecule has 88 valence electrons. The van der Waals surface area contributed by atoms with Gasteiger partial charge in [-0.1, -0.05) is 51.3 Å². The molecule has 1 aromatic rings. The Balaban J connectivity index is 2.22. The highest BCUT2D eigenvalue weighted by atomic mass is 79.9. The summed E-state index contributed by atoms with van der Waals surface area (Å²) < 4.78 is 5.49. The van der Waals surface area contributed by atoms with Crippen molar-refractivity contribution >= 4 is 39.1 Å². The number of hydrogen-bond acceptors (Lipinski definition) is 1. The van der Waals surface area contributed by atoms with E-state index >= 15 is 0 Å². The van der Waals surface area contributed by atoms with Crippen LogP contribution in [-0.4, -0.2) is 18.5 Å². The Hall–Kier alpha value is 0.240. The molecule has 4 heteroatoms. The minimum Gasteiger partial charge on any atom is -0.381 e. The number of rotatable bonds is 3. The minimum absolute atomic E-state index is 0.175. The molecular weight excluding hydrogens is 311 g/mol. The van der Waals surface area contributed by atoms with Crippen LogP contribution in [0.5, 0.6) is 0 Å². The van der Waals surface area contributed by atoms with Gasteiger partial charge in [-0.15, -0.1) is 0 Å². The van der Waals surface area contributed by atoms with E-state index in [2.05, 4.69) is 15.9 Å². The van der Waals surface area contributed by atoms with Crippen molar-refractivity contribution in [3.8, 4) is 0 Å². The molecule has 0 amide bonds. The molecule has 1 aromatic carbocycles. The van der Waals surface area contributed by atoms with Gasteiger partial charge in [0.25, 0.3) is 0 Å². The summed E-state index contributed by atoms with van der Waals surface area (Å²) in [5.74, 6) is 0. The van der Waals surface area contributed by atoms with Gasteiger partial charge in [0, 0.05) is 17.4 Å². The highest BCUT2D eigenvalue weighted by molar-refractivity contribution is 9.09. The quantitative estimate of drug-likeness (QED) is 0.752. The lowest BCUT2D eigenvalue weighted by molar-refractivity contribution is 0.162. The fourth-order valence-corrected chi connectivity index (χ4v) is 3.06. The summed E-state index contributed by atoms with van der Waals surface area (Å²) in [6, 6.07) is 5.80. The second-order valence-corrected chi connectivity index (χ2v) is 5.67. The molecule has 2 rings (SSSR count). The lowest BCUT2D eigenvalue weighted by Gasteiger charge is -2.25. The highest BCUT2D eigenvalue weighted by Crippen LogP contribution is 2.37. The van der Waals surface area contributed by atoms with Crippen LogP contribution in [0.2, 0.25) is 10.0 Å². The molecular formula is C12H13BrCl2O. The van der Waals surface area contributed by atoms with E-state index in [0.29, 0.717) is 10.0 Å². The second kappa shape index (κ2) is 5.26. The van der Waals surface area contributed by atoms with E-state index < -0.39 is 0 Å². The number of hydrogen-bond donors (Lipinski definition) is 0. The summed E-state index contributed by atoms with van der Waals surface area (Å²) in [5.41, 5.74) is 1.29. The molecule has 1 fully saturated rings. The lowest BCUT2D eigenvalue weighted by Crippen LogP contribution is -2.26. The zero-order chi connectivity index (χ0) is 11.6. The van der Waals surface area contributed by atoms with Gasteiger partial charge in [0.15, 0.2) is 0 Å². The summed E-state index contributed by atoms with van der Waals surface area (Å²) in [5, 5.41) is 2.24. The second-order valence-electron chi connectivity index (χ2n) is 4.33. The number of halogens is 3. The van der Waals surface area contributed by atoms with E-state index in [4.69, 9.17) is 27.9 Å². The van der Waals surface area contributed by atoms with E-state index in [-0.39, 0.29) is 5.41 Å². The Labute approximate surface area is 114 Å². The van der Waals surface area contributed by atoms with E-state index in [0.717, 1.165) is 36.9 Å². The third kappa shape index (κ3) is 2.56. The normalized spacial score (nSPS) is 24.9. The third-order valence-corrected chi connectivity index (χ3v) is 5.11. The predicted molar refractivity (Wildman–Crippen MR) is 71.8 cm³/mol. The van der Waals surface area contributed by atoms with Crippen LogP contribution in [0.15, 0.2) is 18.2 Å². The molecule has 1 nitrogen and oxygen atoms in total. The largest absolute Gasteiger partial charge is 0.381 e. The Morgan fingerprint density at radius 3 is 2.81 bits per heavy atom. The monoisotopic (exact) mass is 322 g/mol. The molecule has 0 spiro atoms. The van der Waals surface area contributed by atoms with Crippen molar-refractivity contribution in [2.75, 3.05) is 18.5 Å². The maximum absolute atomic E-state index is 6.20. The molecule has 1 unspecified atom stereocenters. The van der Waals surface area contributed by atoms with Crippen LogP contribution in [0, 0.1) is 5.41 Å². The van der Waals surface area contributed by atoms with Gasteiger partial charge in [-0.2, -0.15) is 0 Å². The van der Waals surface area contributed by atoms with Crippen LogP contribution in [0.25, 0.3) is 0 Å². The van der Waals surface area contributed by atoms with Gasteiger partial charge >= 0.3 is 0 Å². The zero-order valence-corrected chi connectivity index (χ0v) is 11.9. The van der Waals surface area contributed by atoms with E-state index in [9.17, 15) is 0 Å². The van der Waals surface area contributed by atoms with Gasteiger partial charge in [-0.25, -0.2) is 0 Å². The molecule has 0 N–H and O–H groups in total. The molecule has 0 saturated carbocycles. The van der Waals surface area contributed by atoms with Crippen LogP contribution in [-0.2, 0) is 11.2 Å². The van der Waals surface area contributed by atoms with Crippen LogP contribution >= 0.6 is 39.1 Å². The maximum atomic E-state index is 6.20. The lowest BCUT2D eigenvalue weighted by atomic mass is 9.83. The molecule has 0 aliphatic carbocycles. The molecule has 1 atom stereocenters. The smallest absolute Gasteiger partial charge is 0.0624 e. The molecule has 0 bridgehead atoms. The number of alkyl halides is 1. The van der Waals surface area contributed by atoms with Crippen molar-refractivity contribution in [2.45, 2.75) is 12.8 Å². The summed E-state index contributed by atoms with van der Waals surface area (Å²) in [6.07, 6.45) is 1.98. The van der Waals surface area contributed by atoms with Crippen LogP contribution in [0.1, 0.15) is 12.0 Å². The van der Waals surface area contributed by atoms with E-state index in [1.165, 1.54) is 0 Å². The topological polar surface area (TPSA) is 9.23 Å². The predicted octanol–water partition coefficient (Wildman–Crippen LogP) is 4.34. The Kier molecular flexibility index (Phi) is 4.17. The molecule has 16 heavy (non-hydrogen) atoms. The van der Waals surface area contributed by atoms with Gasteiger partial charge < -0.3 is 4.74 Å². The van der Waals surface area contributed by atoms with E-state index in [1.807, 2.05) is 18.2 Å². The van der Waals surface area contributed by atoms with Crippen molar-refractivity contribution in [2.24, 2.45) is 5.41 Å². The van der Waals surface area contributed by atoms with Crippen molar-refractivity contribution in [1.82, 2.24) is 0 Å².